The molecule has 0 aliphatic heterocycles. The predicted octanol–water partition coefficient (Wildman–Crippen LogP) is 1.26. The summed E-state index contributed by atoms with van der Waals surface area (Å²) in [7, 11) is -3.50. The SMILES string of the molecule is N=C(N)c1ccc(NS(=O)(=O)CC2CC2)c(F)c1. The zero-order chi connectivity index (χ0) is 13.3. The first-order valence-corrected chi connectivity index (χ1v) is 7.17. The van der Waals surface area contributed by atoms with E-state index in [1.54, 1.807) is 0 Å². The normalized spacial score (nSPS) is 15.4. The van der Waals surface area contributed by atoms with Crippen LogP contribution < -0.4 is 10.5 Å². The Hall–Kier alpha value is -1.63. The molecule has 1 aromatic carbocycles. The molecule has 0 amide bonds. The van der Waals surface area contributed by atoms with Gasteiger partial charge < -0.3 is 5.73 Å². The fraction of sp³-hybridized carbons (Fsp3) is 0.364. The van der Waals surface area contributed by atoms with E-state index in [4.69, 9.17) is 11.1 Å². The lowest BCUT2D eigenvalue weighted by molar-refractivity contribution is 0.595. The largest absolute Gasteiger partial charge is 0.384 e. The molecule has 98 valence electrons. The molecule has 0 bridgehead atoms. The van der Waals surface area contributed by atoms with Crippen LogP contribution in [0.4, 0.5) is 10.1 Å². The maximum atomic E-state index is 13.6. The van der Waals surface area contributed by atoms with Gasteiger partial charge in [-0.05, 0) is 37.0 Å². The van der Waals surface area contributed by atoms with Crippen LogP contribution >= 0.6 is 0 Å². The zero-order valence-electron chi connectivity index (χ0n) is 9.61. The van der Waals surface area contributed by atoms with E-state index in [9.17, 15) is 12.8 Å². The molecular formula is C11H14FN3O2S. The van der Waals surface area contributed by atoms with Crippen LogP contribution in [-0.2, 0) is 10.0 Å². The van der Waals surface area contributed by atoms with E-state index >= 15 is 0 Å². The van der Waals surface area contributed by atoms with Crippen LogP contribution in [0.3, 0.4) is 0 Å². The van der Waals surface area contributed by atoms with E-state index in [1.165, 1.54) is 12.1 Å². The van der Waals surface area contributed by atoms with Gasteiger partial charge in [-0.3, -0.25) is 10.1 Å². The van der Waals surface area contributed by atoms with E-state index in [1.807, 2.05) is 0 Å². The number of hydrogen-bond acceptors (Lipinski definition) is 3. The smallest absolute Gasteiger partial charge is 0.233 e. The van der Waals surface area contributed by atoms with Crippen molar-refractivity contribution in [2.24, 2.45) is 11.7 Å². The summed E-state index contributed by atoms with van der Waals surface area (Å²) in [5, 5.41) is 7.16. The van der Waals surface area contributed by atoms with Crippen molar-refractivity contribution in [2.75, 3.05) is 10.5 Å². The Morgan fingerprint density at radius 3 is 2.67 bits per heavy atom. The number of rotatable bonds is 5. The molecule has 0 aromatic heterocycles. The van der Waals surface area contributed by atoms with Gasteiger partial charge in [-0.15, -0.1) is 0 Å². The van der Waals surface area contributed by atoms with Crippen molar-refractivity contribution in [2.45, 2.75) is 12.8 Å². The molecule has 4 N–H and O–H groups in total. The van der Waals surface area contributed by atoms with Gasteiger partial charge in [0.25, 0.3) is 0 Å². The Kier molecular flexibility index (Phi) is 3.25. The second-order valence-electron chi connectivity index (χ2n) is 4.44. The molecule has 1 aliphatic carbocycles. The number of nitrogens with two attached hydrogens (primary N) is 1. The predicted molar refractivity (Wildman–Crippen MR) is 67.5 cm³/mol. The summed E-state index contributed by atoms with van der Waals surface area (Å²) in [4.78, 5) is 0. The van der Waals surface area contributed by atoms with E-state index in [0.717, 1.165) is 18.9 Å². The number of halogens is 1. The summed E-state index contributed by atoms with van der Waals surface area (Å²) in [5.41, 5.74) is 5.32. The third-order valence-corrected chi connectivity index (χ3v) is 4.14. The number of sulfonamides is 1. The van der Waals surface area contributed by atoms with Gasteiger partial charge in [-0.2, -0.15) is 0 Å². The average Bonchev–Trinajstić information content (AvgIpc) is 3.03. The fourth-order valence-electron chi connectivity index (χ4n) is 1.57. The molecule has 0 saturated heterocycles. The maximum Gasteiger partial charge on any atom is 0.233 e. The molecule has 0 unspecified atom stereocenters. The number of nitrogens with one attached hydrogen (secondary N) is 2. The van der Waals surface area contributed by atoms with Gasteiger partial charge in [-0.25, -0.2) is 12.8 Å². The van der Waals surface area contributed by atoms with Gasteiger partial charge in [0, 0.05) is 5.56 Å². The number of benzene rings is 1. The summed E-state index contributed by atoms with van der Waals surface area (Å²) in [6.07, 6.45) is 1.82. The summed E-state index contributed by atoms with van der Waals surface area (Å²) >= 11 is 0. The first-order valence-electron chi connectivity index (χ1n) is 5.52. The first kappa shape index (κ1) is 12.8. The summed E-state index contributed by atoms with van der Waals surface area (Å²) in [6.45, 7) is 0. The second kappa shape index (κ2) is 4.56. The molecule has 5 nitrogen and oxygen atoms in total. The van der Waals surface area contributed by atoms with Gasteiger partial charge in [0.05, 0.1) is 11.4 Å². The molecule has 1 aliphatic rings. The minimum Gasteiger partial charge on any atom is -0.384 e. The van der Waals surface area contributed by atoms with E-state index in [-0.39, 0.29) is 28.8 Å². The van der Waals surface area contributed by atoms with Gasteiger partial charge in [0.1, 0.15) is 11.7 Å². The molecule has 1 aromatic rings. The van der Waals surface area contributed by atoms with Crippen molar-refractivity contribution in [3.63, 3.8) is 0 Å². The highest BCUT2D eigenvalue weighted by atomic mass is 32.2. The minimum atomic E-state index is -3.50. The molecule has 7 heteroatoms. The monoisotopic (exact) mass is 271 g/mol. The van der Waals surface area contributed by atoms with Crippen LogP contribution in [0.25, 0.3) is 0 Å². The standard InChI is InChI=1S/C11H14FN3O2S/c12-9-5-8(11(13)14)3-4-10(9)15-18(16,17)6-7-1-2-7/h3-5,7,15H,1-2,6H2,(H3,13,14). The van der Waals surface area contributed by atoms with Gasteiger partial charge in [-0.1, -0.05) is 0 Å². The molecule has 0 heterocycles. The molecule has 18 heavy (non-hydrogen) atoms. The molecule has 2 rings (SSSR count). The topological polar surface area (TPSA) is 96.0 Å². The number of nitrogen functional groups attached to an aromatic ring is 1. The average molecular weight is 271 g/mol. The third-order valence-electron chi connectivity index (χ3n) is 2.70. The van der Waals surface area contributed by atoms with E-state index in [2.05, 4.69) is 4.72 Å². The Balaban J connectivity index is 2.16. The highest BCUT2D eigenvalue weighted by molar-refractivity contribution is 7.92. The van der Waals surface area contributed by atoms with Crippen LogP contribution in [0, 0.1) is 17.1 Å². The van der Waals surface area contributed by atoms with Crippen molar-refractivity contribution in [1.82, 2.24) is 0 Å². The molecule has 0 radical (unpaired) electrons. The number of anilines is 1. The molecule has 0 atom stereocenters. The van der Waals surface area contributed by atoms with Crippen LogP contribution in [0.5, 0.6) is 0 Å². The Bertz CT molecular complexity index is 582. The van der Waals surface area contributed by atoms with Crippen molar-refractivity contribution in [1.29, 1.82) is 5.41 Å². The van der Waals surface area contributed by atoms with E-state index in [0.29, 0.717) is 0 Å². The van der Waals surface area contributed by atoms with Crippen molar-refractivity contribution >= 4 is 21.5 Å². The highest BCUT2D eigenvalue weighted by Crippen LogP contribution is 2.31. The summed E-state index contributed by atoms with van der Waals surface area (Å²) < 4.78 is 39.2. The van der Waals surface area contributed by atoms with Crippen LogP contribution in [-0.4, -0.2) is 20.0 Å². The van der Waals surface area contributed by atoms with Crippen molar-refractivity contribution < 1.29 is 12.8 Å². The van der Waals surface area contributed by atoms with Crippen molar-refractivity contribution in [3.05, 3.63) is 29.6 Å². The zero-order valence-corrected chi connectivity index (χ0v) is 10.4. The quantitative estimate of drug-likeness (QED) is 0.555. The van der Waals surface area contributed by atoms with E-state index < -0.39 is 15.8 Å². The van der Waals surface area contributed by atoms with Crippen LogP contribution in [0.2, 0.25) is 0 Å². The highest BCUT2D eigenvalue weighted by Gasteiger charge is 2.28. The van der Waals surface area contributed by atoms with Gasteiger partial charge in [0.15, 0.2) is 0 Å². The molecular weight excluding hydrogens is 257 g/mol. The lowest BCUT2D eigenvalue weighted by Crippen LogP contribution is -2.19. The van der Waals surface area contributed by atoms with Gasteiger partial charge >= 0.3 is 0 Å². The fourth-order valence-corrected chi connectivity index (χ4v) is 3.11. The molecule has 1 fully saturated rings. The molecule has 1 saturated carbocycles. The third kappa shape index (κ3) is 3.19. The second-order valence-corrected chi connectivity index (χ2v) is 6.20. The Labute approximate surface area is 105 Å². The first-order chi connectivity index (χ1) is 8.37. The summed E-state index contributed by atoms with van der Waals surface area (Å²) in [6, 6.07) is 3.72. The lowest BCUT2D eigenvalue weighted by Gasteiger charge is -2.09. The number of amidine groups is 1. The van der Waals surface area contributed by atoms with Gasteiger partial charge in [0.2, 0.25) is 10.0 Å². The minimum absolute atomic E-state index is 0.0287. The van der Waals surface area contributed by atoms with Crippen molar-refractivity contribution in [3.8, 4) is 0 Å². The summed E-state index contributed by atoms with van der Waals surface area (Å²) in [5.74, 6) is -0.772. The van der Waals surface area contributed by atoms with Crippen LogP contribution in [0.1, 0.15) is 18.4 Å². The molecule has 0 spiro atoms. The Morgan fingerprint density at radius 2 is 2.17 bits per heavy atom. The van der Waals surface area contributed by atoms with Crippen LogP contribution in [0.15, 0.2) is 18.2 Å². The lowest BCUT2D eigenvalue weighted by atomic mass is 10.2. The Morgan fingerprint density at radius 1 is 1.50 bits per heavy atom. The maximum absolute atomic E-state index is 13.6. The number of hydrogen-bond donors (Lipinski definition) is 3.